The maximum atomic E-state index is 13.5. The number of nitrogens with two attached hydrogens (primary N) is 1. The molecular formula is C15H14BrClFNO. The van der Waals surface area contributed by atoms with Gasteiger partial charge in [-0.15, -0.1) is 0 Å². The minimum Gasteiger partial charge on any atom is -0.496 e. The quantitative estimate of drug-likeness (QED) is 0.874. The monoisotopic (exact) mass is 357 g/mol. The molecule has 0 aromatic heterocycles. The molecule has 0 aliphatic carbocycles. The fraction of sp³-hybridized carbons (Fsp3) is 0.200. The minimum atomic E-state index is -0.305. The lowest BCUT2D eigenvalue weighted by molar-refractivity contribution is 0.405. The van der Waals surface area contributed by atoms with E-state index in [1.807, 2.05) is 12.1 Å². The maximum Gasteiger partial charge on any atom is 0.137 e. The SMILES string of the molecule is COc1cc(Cl)ccc1C(N)Cc1cccc(F)c1Br. The van der Waals surface area contributed by atoms with Crippen molar-refractivity contribution in [3.63, 3.8) is 0 Å². The van der Waals surface area contributed by atoms with Crippen LogP contribution in [0.1, 0.15) is 17.2 Å². The Morgan fingerprint density at radius 1 is 1.35 bits per heavy atom. The van der Waals surface area contributed by atoms with E-state index in [4.69, 9.17) is 22.1 Å². The minimum absolute atomic E-state index is 0.294. The van der Waals surface area contributed by atoms with E-state index in [9.17, 15) is 4.39 Å². The van der Waals surface area contributed by atoms with Gasteiger partial charge in [-0.3, -0.25) is 0 Å². The summed E-state index contributed by atoms with van der Waals surface area (Å²) in [4.78, 5) is 0. The highest BCUT2D eigenvalue weighted by Crippen LogP contribution is 2.31. The molecule has 0 radical (unpaired) electrons. The first-order valence-electron chi connectivity index (χ1n) is 6.05. The molecule has 2 nitrogen and oxygen atoms in total. The summed E-state index contributed by atoms with van der Waals surface area (Å²) in [5, 5.41) is 0.588. The van der Waals surface area contributed by atoms with E-state index in [1.165, 1.54) is 6.07 Å². The van der Waals surface area contributed by atoms with Crippen molar-refractivity contribution in [3.8, 4) is 5.75 Å². The van der Waals surface area contributed by atoms with Crippen molar-refractivity contribution in [2.45, 2.75) is 12.5 Å². The smallest absolute Gasteiger partial charge is 0.137 e. The van der Waals surface area contributed by atoms with Gasteiger partial charge in [0.05, 0.1) is 11.6 Å². The predicted molar refractivity (Wildman–Crippen MR) is 82.7 cm³/mol. The number of benzene rings is 2. The van der Waals surface area contributed by atoms with Crippen molar-refractivity contribution in [2.24, 2.45) is 5.73 Å². The van der Waals surface area contributed by atoms with Crippen LogP contribution in [0.2, 0.25) is 5.02 Å². The van der Waals surface area contributed by atoms with E-state index >= 15 is 0 Å². The average Bonchev–Trinajstić information content (AvgIpc) is 2.43. The van der Waals surface area contributed by atoms with Crippen LogP contribution in [-0.4, -0.2) is 7.11 Å². The molecule has 1 unspecified atom stereocenters. The van der Waals surface area contributed by atoms with Crippen LogP contribution in [-0.2, 0) is 6.42 Å². The molecule has 2 N–H and O–H groups in total. The van der Waals surface area contributed by atoms with Gasteiger partial charge >= 0.3 is 0 Å². The Morgan fingerprint density at radius 2 is 2.10 bits per heavy atom. The van der Waals surface area contributed by atoms with Crippen LogP contribution >= 0.6 is 27.5 Å². The van der Waals surface area contributed by atoms with Crippen LogP contribution in [0.4, 0.5) is 4.39 Å². The fourth-order valence-electron chi connectivity index (χ4n) is 2.04. The van der Waals surface area contributed by atoms with Gasteiger partial charge in [-0.1, -0.05) is 29.8 Å². The van der Waals surface area contributed by atoms with Gasteiger partial charge in [0.25, 0.3) is 0 Å². The second-order valence-corrected chi connectivity index (χ2v) is 5.64. The van der Waals surface area contributed by atoms with Crippen LogP contribution in [0.3, 0.4) is 0 Å². The summed E-state index contributed by atoms with van der Waals surface area (Å²) in [6.07, 6.45) is 0.496. The number of hydrogen-bond acceptors (Lipinski definition) is 2. The van der Waals surface area contributed by atoms with Gasteiger partial charge in [0, 0.05) is 16.6 Å². The van der Waals surface area contributed by atoms with Crippen molar-refractivity contribution < 1.29 is 9.13 Å². The van der Waals surface area contributed by atoms with Crippen molar-refractivity contribution in [3.05, 3.63) is 62.8 Å². The summed E-state index contributed by atoms with van der Waals surface area (Å²) in [7, 11) is 1.57. The van der Waals surface area contributed by atoms with Crippen LogP contribution in [0.5, 0.6) is 5.75 Å². The lowest BCUT2D eigenvalue weighted by Gasteiger charge is -2.17. The number of hydrogen-bond donors (Lipinski definition) is 1. The Kier molecular flexibility index (Phi) is 5.02. The van der Waals surface area contributed by atoms with Gasteiger partial charge < -0.3 is 10.5 Å². The van der Waals surface area contributed by atoms with Crippen LogP contribution in [0.25, 0.3) is 0 Å². The molecule has 2 rings (SSSR count). The van der Waals surface area contributed by atoms with Gasteiger partial charge in [0.1, 0.15) is 11.6 Å². The third kappa shape index (κ3) is 3.32. The molecule has 106 valence electrons. The molecule has 20 heavy (non-hydrogen) atoms. The van der Waals surface area contributed by atoms with Gasteiger partial charge in [-0.25, -0.2) is 4.39 Å². The summed E-state index contributed by atoms with van der Waals surface area (Å²) < 4.78 is 19.2. The van der Waals surface area contributed by atoms with E-state index in [1.54, 1.807) is 25.3 Å². The van der Waals surface area contributed by atoms with Gasteiger partial charge in [-0.2, -0.15) is 0 Å². The molecule has 5 heteroatoms. The zero-order chi connectivity index (χ0) is 14.7. The normalized spacial score (nSPS) is 12.2. The number of ether oxygens (including phenoxy) is 1. The number of rotatable bonds is 4. The van der Waals surface area contributed by atoms with E-state index in [0.29, 0.717) is 21.7 Å². The van der Waals surface area contributed by atoms with E-state index in [2.05, 4.69) is 15.9 Å². The largest absolute Gasteiger partial charge is 0.496 e. The lowest BCUT2D eigenvalue weighted by Crippen LogP contribution is -2.15. The molecule has 2 aromatic rings. The molecule has 0 saturated heterocycles. The topological polar surface area (TPSA) is 35.2 Å². The summed E-state index contributed by atoms with van der Waals surface area (Å²) >= 11 is 9.17. The van der Waals surface area contributed by atoms with Gasteiger partial charge in [-0.05, 0) is 46.1 Å². The molecule has 0 aliphatic rings. The Morgan fingerprint density at radius 3 is 2.80 bits per heavy atom. The maximum absolute atomic E-state index is 13.5. The van der Waals surface area contributed by atoms with Crippen LogP contribution in [0, 0.1) is 5.82 Å². The summed E-state index contributed by atoms with van der Waals surface area (Å²) in [6, 6.07) is 9.93. The molecule has 0 fully saturated rings. The van der Waals surface area contributed by atoms with Crippen molar-refractivity contribution in [2.75, 3.05) is 7.11 Å². The Balaban J connectivity index is 2.28. The van der Waals surface area contributed by atoms with Crippen LogP contribution < -0.4 is 10.5 Å². The molecule has 0 bridgehead atoms. The van der Waals surface area contributed by atoms with Gasteiger partial charge in [0.2, 0.25) is 0 Å². The van der Waals surface area contributed by atoms with E-state index < -0.39 is 0 Å². The average molecular weight is 359 g/mol. The molecule has 2 aromatic carbocycles. The zero-order valence-electron chi connectivity index (χ0n) is 10.9. The third-order valence-corrected chi connectivity index (χ3v) is 4.19. The highest BCUT2D eigenvalue weighted by Gasteiger charge is 2.15. The Hall–Kier alpha value is -1.10. The molecule has 0 amide bonds. The van der Waals surface area contributed by atoms with E-state index in [0.717, 1.165) is 11.1 Å². The molecular weight excluding hydrogens is 345 g/mol. The molecule has 0 heterocycles. The van der Waals surface area contributed by atoms with Crippen molar-refractivity contribution >= 4 is 27.5 Å². The van der Waals surface area contributed by atoms with Gasteiger partial charge in [0.15, 0.2) is 0 Å². The van der Waals surface area contributed by atoms with Crippen molar-refractivity contribution in [1.82, 2.24) is 0 Å². The van der Waals surface area contributed by atoms with E-state index in [-0.39, 0.29) is 11.9 Å². The van der Waals surface area contributed by atoms with Crippen molar-refractivity contribution in [1.29, 1.82) is 0 Å². The zero-order valence-corrected chi connectivity index (χ0v) is 13.2. The first kappa shape index (κ1) is 15.3. The predicted octanol–water partition coefficient (Wildman–Crippen LogP) is 4.49. The number of methoxy groups -OCH3 is 1. The number of halogens is 3. The third-order valence-electron chi connectivity index (χ3n) is 3.07. The highest BCUT2D eigenvalue weighted by molar-refractivity contribution is 9.10. The molecule has 1 atom stereocenters. The first-order chi connectivity index (χ1) is 9.52. The highest BCUT2D eigenvalue weighted by atomic mass is 79.9. The summed E-state index contributed by atoms with van der Waals surface area (Å²) in [6.45, 7) is 0. The first-order valence-corrected chi connectivity index (χ1v) is 7.22. The fourth-order valence-corrected chi connectivity index (χ4v) is 2.63. The second kappa shape index (κ2) is 6.57. The standard InChI is InChI=1S/C15H14BrClFNO/c1-20-14-8-10(17)5-6-11(14)13(19)7-9-3-2-4-12(18)15(9)16/h2-6,8,13H,7,19H2,1H3. The molecule has 0 saturated carbocycles. The second-order valence-electron chi connectivity index (χ2n) is 4.41. The summed E-state index contributed by atoms with van der Waals surface area (Å²) in [5.41, 5.74) is 7.86. The Bertz CT molecular complexity index is 621. The Labute approximate surface area is 130 Å². The summed E-state index contributed by atoms with van der Waals surface area (Å²) in [5.74, 6) is 0.343. The van der Waals surface area contributed by atoms with Crippen LogP contribution in [0.15, 0.2) is 40.9 Å². The lowest BCUT2D eigenvalue weighted by atomic mass is 9.99. The molecule has 0 aliphatic heterocycles. The molecule has 0 spiro atoms.